The number of nitro benzene ring substituents is 1. The number of thioether (sulfide) groups is 1. The van der Waals surface area contributed by atoms with E-state index in [-0.39, 0.29) is 27.7 Å². The first kappa shape index (κ1) is 14.6. The van der Waals surface area contributed by atoms with Crippen LogP contribution in [0.1, 0.15) is 33.6 Å². The maximum atomic E-state index is 12.6. The van der Waals surface area contributed by atoms with Gasteiger partial charge in [-0.15, -0.1) is 11.8 Å². The molecule has 0 heterocycles. The van der Waals surface area contributed by atoms with E-state index < -0.39 is 4.92 Å². The van der Waals surface area contributed by atoms with Gasteiger partial charge in [-0.3, -0.25) is 14.9 Å². The summed E-state index contributed by atoms with van der Waals surface area (Å²) >= 11 is 1.57. The van der Waals surface area contributed by atoms with Gasteiger partial charge in [0.15, 0.2) is 0 Å². The van der Waals surface area contributed by atoms with Gasteiger partial charge in [0, 0.05) is 22.9 Å². The monoisotopic (exact) mass is 305 g/mol. The summed E-state index contributed by atoms with van der Waals surface area (Å²) in [6.07, 6.45) is 2.08. The van der Waals surface area contributed by atoms with Crippen molar-refractivity contribution in [2.75, 3.05) is 0 Å². The van der Waals surface area contributed by atoms with Crippen LogP contribution >= 0.6 is 11.8 Å². The molecule has 0 N–H and O–H groups in total. The Morgan fingerprint density at radius 1 is 1.24 bits per heavy atom. The van der Waals surface area contributed by atoms with E-state index in [0.717, 1.165) is 17.7 Å². The quantitative estimate of drug-likeness (QED) is 0.623. The van der Waals surface area contributed by atoms with E-state index in [2.05, 4.69) is 20.8 Å². The highest BCUT2D eigenvalue weighted by molar-refractivity contribution is 8.00. The summed E-state index contributed by atoms with van der Waals surface area (Å²) in [5, 5.41) is 10.7. The van der Waals surface area contributed by atoms with E-state index in [1.54, 1.807) is 23.9 Å². The van der Waals surface area contributed by atoms with Crippen LogP contribution in [-0.2, 0) is 4.79 Å². The third-order valence-corrected chi connectivity index (χ3v) is 7.31. The van der Waals surface area contributed by atoms with Gasteiger partial charge < -0.3 is 0 Å². The first-order chi connectivity index (χ1) is 9.77. The number of rotatable bonds is 3. The van der Waals surface area contributed by atoms with E-state index in [1.807, 2.05) is 0 Å². The van der Waals surface area contributed by atoms with Crippen LogP contribution in [0.3, 0.4) is 0 Å². The van der Waals surface area contributed by atoms with Crippen LogP contribution < -0.4 is 0 Å². The minimum absolute atomic E-state index is 0.0151. The molecule has 5 heteroatoms. The molecule has 1 aromatic carbocycles. The Kier molecular flexibility index (Phi) is 3.17. The molecule has 0 amide bonds. The van der Waals surface area contributed by atoms with E-state index in [1.165, 1.54) is 12.1 Å². The Bertz CT molecular complexity index is 610. The standard InChI is InChI=1S/C16H19NO3S/c1-15(2)12-8-9-16(15,3)14(13(12)18)21-11-6-4-10(5-7-11)17(19)20/h4-7,12,14H,8-9H2,1-3H3/t12-,14+,16+/m0/s1. The normalized spacial score (nSPS) is 33.4. The second-order valence-electron chi connectivity index (χ2n) is 6.88. The molecule has 0 spiro atoms. The number of carbonyl (C=O) groups excluding carboxylic acids is 1. The number of non-ortho nitro benzene ring substituents is 1. The predicted octanol–water partition coefficient (Wildman–Crippen LogP) is 4.08. The number of benzene rings is 1. The molecule has 0 unspecified atom stereocenters. The number of hydrogen-bond acceptors (Lipinski definition) is 4. The van der Waals surface area contributed by atoms with Crippen LogP contribution in [0.4, 0.5) is 5.69 Å². The Morgan fingerprint density at radius 3 is 2.33 bits per heavy atom. The molecule has 2 fully saturated rings. The molecule has 0 aromatic heterocycles. The molecular formula is C16H19NO3S. The molecule has 3 rings (SSSR count). The molecule has 2 bridgehead atoms. The zero-order chi connectivity index (χ0) is 15.4. The maximum Gasteiger partial charge on any atom is 0.269 e. The third kappa shape index (κ3) is 1.94. The average molecular weight is 305 g/mol. The minimum atomic E-state index is -0.401. The number of Topliss-reactive ketones (excluding diaryl/α,β-unsaturated/α-hetero) is 1. The Balaban J connectivity index is 1.85. The van der Waals surface area contributed by atoms with Gasteiger partial charge in [0.1, 0.15) is 5.78 Å². The van der Waals surface area contributed by atoms with Crippen molar-refractivity contribution in [1.82, 2.24) is 0 Å². The number of carbonyl (C=O) groups is 1. The van der Waals surface area contributed by atoms with Gasteiger partial charge in [-0.1, -0.05) is 20.8 Å². The van der Waals surface area contributed by atoms with Crippen molar-refractivity contribution >= 4 is 23.2 Å². The lowest BCUT2D eigenvalue weighted by molar-refractivity contribution is -0.384. The molecule has 2 saturated carbocycles. The number of ketones is 1. The second-order valence-corrected chi connectivity index (χ2v) is 8.06. The summed E-state index contributed by atoms with van der Waals surface area (Å²) in [5.74, 6) is 0.523. The van der Waals surface area contributed by atoms with Gasteiger partial charge in [-0.2, -0.15) is 0 Å². The van der Waals surface area contributed by atoms with Gasteiger partial charge >= 0.3 is 0 Å². The molecule has 0 saturated heterocycles. The highest BCUT2D eigenvalue weighted by atomic mass is 32.2. The van der Waals surface area contributed by atoms with Gasteiger partial charge in [-0.05, 0) is 35.8 Å². The maximum absolute atomic E-state index is 12.6. The SMILES string of the molecule is CC1(C)[C@H]2CC[C@]1(C)[C@H](Sc1ccc([N+](=O)[O-])cc1)C2=O. The molecule has 112 valence electrons. The second kappa shape index (κ2) is 4.57. The van der Waals surface area contributed by atoms with E-state index in [0.29, 0.717) is 5.78 Å². The largest absolute Gasteiger partial charge is 0.298 e. The van der Waals surface area contributed by atoms with Crippen LogP contribution in [0.25, 0.3) is 0 Å². The molecule has 0 aliphatic heterocycles. The fraction of sp³-hybridized carbons (Fsp3) is 0.562. The predicted molar refractivity (Wildman–Crippen MR) is 82.4 cm³/mol. The minimum Gasteiger partial charge on any atom is -0.298 e. The molecule has 4 nitrogen and oxygen atoms in total. The van der Waals surface area contributed by atoms with Crippen LogP contribution in [0.15, 0.2) is 29.2 Å². The fourth-order valence-electron chi connectivity index (χ4n) is 3.96. The van der Waals surface area contributed by atoms with E-state index in [9.17, 15) is 14.9 Å². The summed E-state index contributed by atoms with van der Waals surface area (Å²) in [7, 11) is 0. The summed E-state index contributed by atoms with van der Waals surface area (Å²) in [6, 6.07) is 6.51. The summed E-state index contributed by atoms with van der Waals surface area (Å²) in [4.78, 5) is 23.9. The fourth-order valence-corrected chi connectivity index (χ4v) is 5.49. The molecule has 1 aromatic rings. The lowest BCUT2D eigenvalue weighted by Crippen LogP contribution is -2.35. The summed E-state index contributed by atoms with van der Waals surface area (Å²) in [5.41, 5.74) is 0.147. The molecule has 2 aliphatic carbocycles. The van der Waals surface area contributed by atoms with Gasteiger partial charge in [-0.25, -0.2) is 0 Å². The zero-order valence-corrected chi connectivity index (χ0v) is 13.3. The zero-order valence-electron chi connectivity index (χ0n) is 12.5. The molecule has 2 aliphatic rings. The van der Waals surface area contributed by atoms with Crippen molar-refractivity contribution in [1.29, 1.82) is 0 Å². The van der Waals surface area contributed by atoms with Crippen molar-refractivity contribution in [3.63, 3.8) is 0 Å². The Hall–Kier alpha value is -1.36. The van der Waals surface area contributed by atoms with Crippen molar-refractivity contribution in [3.05, 3.63) is 34.4 Å². The van der Waals surface area contributed by atoms with Crippen molar-refractivity contribution < 1.29 is 9.72 Å². The van der Waals surface area contributed by atoms with Crippen molar-refractivity contribution in [2.24, 2.45) is 16.7 Å². The number of nitrogens with zero attached hydrogens (tertiary/aromatic N) is 1. The first-order valence-electron chi connectivity index (χ1n) is 7.22. The molecule has 3 atom stereocenters. The molecule has 0 radical (unpaired) electrons. The number of fused-ring (bicyclic) bond motifs is 2. The summed E-state index contributed by atoms with van der Waals surface area (Å²) in [6.45, 7) is 6.64. The topological polar surface area (TPSA) is 60.2 Å². The lowest BCUT2D eigenvalue weighted by Gasteiger charge is -2.37. The van der Waals surface area contributed by atoms with E-state index >= 15 is 0 Å². The third-order valence-electron chi connectivity index (χ3n) is 5.78. The average Bonchev–Trinajstić information content (AvgIpc) is 2.73. The van der Waals surface area contributed by atoms with Crippen molar-refractivity contribution in [2.45, 2.75) is 43.8 Å². The summed E-state index contributed by atoms with van der Waals surface area (Å²) < 4.78 is 0. The van der Waals surface area contributed by atoms with Crippen LogP contribution in [0.5, 0.6) is 0 Å². The highest BCUT2D eigenvalue weighted by Crippen LogP contribution is 2.67. The van der Waals surface area contributed by atoms with E-state index in [4.69, 9.17) is 0 Å². The molecule has 21 heavy (non-hydrogen) atoms. The number of nitro groups is 1. The van der Waals surface area contributed by atoms with Gasteiger partial charge in [0.2, 0.25) is 0 Å². The van der Waals surface area contributed by atoms with Gasteiger partial charge in [0.05, 0.1) is 10.2 Å². The van der Waals surface area contributed by atoms with Crippen LogP contribution in [0.2, 0.25) is 0 Å². The Labute approximate surface area is 128 Å². The smallest absolute Gasteiger partial charge is 0.269 e. The highest BCUT2D eigenvalue weighted by Gasteiger charge is 2.66. The molecular weight excluding hydrogens is 286 g/mol. The Morgan fingerprint density at radius 2 is 1.86 bits per heavy atom. The van der Waals surface area contributed by atoms with Crippen LogP contribution in [-0.4, -0.2) is 16.0 Å². The number of hydrogen-bond donors (Lipinski definition) is 0. The lowest BCUT2D eigenvalue weighted by atomic mass is 9.71. The van der Waals surface area contributed by atoms with Crippen molar-refractivity contribution in [3.8, 4) is 0 Å². The van der Waals surface area contributed by atoms with Gasteiger partial charge in [0.25, 0.3) is 5.69 Å². The first-order valence-corrected chi connectivity index (χ1v) is 8.10. The van der Waals surface area contributed by atoms with Crippen LogP contribution in [0, 0.1) is 26.9 Å².